The Morgan fingerprint density at radius 2 is 1.74 bits per heavy atom. The van der Waals surface area contributed by atoms with Gasteiger partial charge in [-0.2, -0.15) is 0 Å². The minimum absolute atomic E-state index is 0.150. The first-order chi connectivity index (χ1) is 12.9. The van der Waals surface area contributed by atoms with E-state index in [4.69, 9.17) is 0 Å². The van der Waals surface area contributed by atoms with Crippen molar-refractivity contribution in [3.05, 3.63) is 59.7 Å². The van der Waals surface area contributed by atoms with Crippen molar-refractivity contribution in [3.8, 4) is 0 Å². The highest BCUT2D eigenvalue weighted by Gasteiger charge is 2.18. The fourth-order valence-electron chi connectivity index (χ4n) is 2.84. The van der Waals surface area contributed by atoms with Crippen LogP contribution in [0.5, 0.6) is 0 Å². The molecule has 27 heavy (non-hydrogen) atoms. The van der Waals surface area contributed by atoms with E-state index in [1.807, 2.05) is 38.1 Å². The molecule has 0 heterocycles. The molecule has 0 radical (unpaired) electrons. The normalized spacial score (nSPS) is 11.4. The van der Waals surface area contributed by atoms with E-state index in [1.54, 1.807) is 17.0 Å². The summed E-state index contributed by atoms with van der Waals surface area (Å²) in [6.07, 6.45) is 2.84. The van der Waals surface area contributed by atoms with Gasteiger partial charge in [0.05, 0.1) is 4.90 Å². The number of anilines is 1. The van der Waals surface area contributed by atoms with Gasteiger partial charge in [0.25, 0.3) is 5.91 Å². The smallest absolute Gasteiger partial charge is 0.258 e. The Kier molecular flexibility index (Phi) is 7.56. The molecule has 0 saturated heterocycles. The summed E-state index contributed by atoms with van der Waals surface area (Å²) in [6.45, 7) is 6.92. The molecule has 146 valence electrons. The van der Waals surface area contributed by atoms with Crippen LogP contribution in [0.15, 0.2) is 53.4 Å². The van der Waals surface area contributed by atoms with Gasteiger partial charge in [-0.15, -0.1) is 0 Å². The molecular formula is C21H28N2O3S. The molecule has 0 fully saturated rings. The quantitative estimate of drug-likeness (QED) is 0.657. The first-order valence-electron chi connectivity index (χ1n) is 9.37. The summed E-state index contributed by atoms with van der Waals surface area (Å²) >= 11 is 0. The lowest BCUT2D eigenvalue weighted by Crippen LogP contribution is -2.30. The van der Waals surface area contributed by atoms with Gasteiger partial charge in [-0.25, -0.2) is 13.1 Å². The molecule has 0 bridgehead atoms. The predicted molar refractivity (Wildman–Crippen MR) is 110 cm³/mol. The fourth-order valence-corrected chi connectivity index (χ4v) is 3.91. The molecular weight excluding hydrogens is 360 g/mol. The van der Waals surface area contributed by atoms with Crippen LogP contribution in [-0.2, 0) is 10.0 Å². The average Bonchev–Trinajstić information content (AvgIpc) is 2.66. The van der Waals surface area contributed by atoms with Crippen molar-refractivity contribution in [2.45, 2.75) is 44.9 Å². The minimum atomic E-state index is -3.54. The van der Waals surface area contributed by atoms with Crippen LogP contribution in [0.1, 0.15) is 49.0 Å². The Bertz CT molecular complexity index is 861. The summed E-state index contributed by atoms with van der Waals surface area (Å²) in [4.78, 5) is 14.7. The zero-order valence-corrected chi connectivity index (χ0v) is 17.1. The van der Waals surface area contributed by atoms with Crippen LogP contribution >= 0.6 is 0 Å². The molecule has 0 atom stereocenters. The number of hydrogen-bond donors (Lipinski definition) is 1. The molecule has 2 aromatic carbocycles. The number of amides is 1. The first-order valence-corrected chi connectivity index (χ1v) is 10.9. The summed E-state index contributed by atoms with van der Waals surface area (Å²) in [5.41, 5.74) is 2.37. The van der Waals surface area contributed by atoms with Gasteiger partial charge >= 0.3 is 0 Å². The fraction of sp³-hybridized carbons (Fsp3) is 0.381. The zero-order chi connectivity index (χ0) is 19.9. The predicted octanol–water partition coefficient (Wildman–Crippen LogP) is 4.13. The summed E-state index contributed by atoms with van der Waals surface area (Å²) in [7, 11) is -3.54. The second kappa shape index (κ2) is 9.67. The van der Waals surface area contributed by atoms with Crippen LogP contribution < -0.4 is 9.62 Å². The molecule has 5 nitrogen and oxygen atoms in total. The number of unbranched alkanes of at least 4 members (excludes halogenated alkanes) is 2. The van der Waals surface area contributed by atoms with Crippen molar-refractivity contribution in [3.63, 3.8) is 0 Å². The third-order valence-electron chi connectivity index (χ3n) is 4.36. The van der Waals surface area contributed by atoms with Crippen molar-refractivity contribution in [1.29, 1.82) is 0 Å². The van der Waals surface area contributed by atoms with Gasteiger partial charge < -0.3 is 4.90 Å². The molecule has 0 aromatic heterocycles. The summed E-state index contributed by atoms with van der Waals surface area (Å²) in [5, 5.41) is 0. The van der Waals surface area contributed by atoms with E-state index in [1.165, 1.54) is 12.1 Å². The molecule has 2 rings (SSSR count). The zero-order valence-electron chi connectivity index (χ0n) is 16.2. The monoisotopic (exact) mass is 388 g/mol. The van der Waals surface area contributed by atoms with E-state index in [0.29, 0.717) is 18.7 Å². The van der Waals surface area contributed by atoms with Gasteiger partial charge in [0.15, 0.2) is 0 Å². The topological polar surface area (TPSA) is 66.5 Å². The molecule has 6 heteroatoms. The van der Waals surface area contributed by atoms with E-state index in [2.05, 4.69) is 11.6 Å². The molecule has 0 aliphatic rings. The van der Waals surface area contributed by atoms with Gasteiger partial charge in [0.1, 0.15) is 0 Å². The molecule has 0 saturated carbocycles. The summed E-state index contributed by atoms with van der Waals surface area (Å²) in [6, 6.07) is 13.9. The maximum absolute atomic E-state index is 12.9. The third kappa shape index (κ3) is 5.65. The van der Waals surface area contributed by atoms with Crippen LogP contribution in [0.25, 0.3) is 0 Å². The summed E-state index contributed by atoms with van der Waals surface area (Å²) < 4.78 is 27.2. The van der Waals surface area contributed by atoms with E-state index in [9.17, 15) is 13.2 Å². The third-order valence-corrected chi connectivity index (χ3v) is 5.84. The van der Waals surface area contributed by atoms with Crippen molar-refractivity contribution in [2.75, 3.05) is 18.0 Å². The van der Waals surface area contributed by atoms with Crippen molar-refractivity contribution >= 4 is 21.6 Å². The second-order valence-corrected chi connectivity index (χ2v) is 8.28. The number of nitrogens with one attached hydrogen (secondary N) is 1. The number of nitrogens with zero attached hydrogens (tertiary/aromatic N) is 1. The van der Waals surface area contributed by atoms with Gasteiger partial charge in [-0.05, 0) is 62.2 Å². The maximum Gasteiger partial charge on any atom is 0.258 e. The SMILES string of the molecule is CCCCCNS(=O)(=O)c1ccc(C(=O)N(CC)c2cccc(C)c2)cc1. The molecule has 0 unspecified atom stereocenters. The number of sulfonamides is 1. The highest BCUT2D eigenvalue weighted by atomic mass is 32.2. The molecule has 0 aliphatic carbocycles. The number of rotatable bonds is 9. The maximum atomic E-state index is 12.9. The molecule has 0 aliphatic heterocycles. The highest BCUT2D eigenvalue weighted by molar-refractivity contribution is 7.89. The Morgan fingerprint density at radius 1 is 1.04 bits per heavy atom. The van der Waals surface area contributed by atoms with Crippen LogP contribution in [0, 0.1) is 6.92 Å². The first kappa shape index (κ1) is 21.1. The molecule has 1 amide bonds. The van der Waals surface area contributed by atoms with Gasteiger partial charge in [-0.3, -0.25) is 4.79 Å². The van der Waals surface area contributed by atoms with Crippen molar-refractivity contribution in [2.24, 2.45) is 0 Å². The van der Waals surface area contributed by atoms with E-state index < -0.39 is 10.0 Å². The number of benzene rings is 2. The van der Waals surface area contributed by atoms with E-state index >= 15 is 0 Å². The number of hydrogen-bond acceptors (Lipinski definition) is 3. The van der Waals surface area contributed by atoms with Gasteiger partial charge in [0.2, 0.25) is 10.0 Å². The Hall–Kier alpha value is -2.18. The lowest BCUT2D eigenvalue weighted by molar-refractivity contribution is 0.0988. The largest absolute Gasteiger partial charge is 0.309 e. The van der Waals surface area contributed by atoms with Crippen LogP contribution in [0.3, 0.4) is 0 Å². The second-order valence-electron chi connectivity index (χ2n) is 6.52. The minimum Gasteiger partial charge on any atom is -0.309 e. The Balaban J connectivity index is 2.14. The van der Waals surface area contributed by atoms with Crippen LogP contribution in [-0.4, -0.2) is 27.4 Å². The summed E-state index contributed by atoms with van der Waals surface area (Å²) in [5.74, 6) is -0.150. The van der Waals surface area contributed by atoms with Crippen LogP contribution in [0.4, 0.5) is 5.69 Å². The average molecular weight is 389 g/mol. The van der Waals surface area contributed by atoms with Gasteiger partial charge in [0, 0.05) is 24.3 Å². The molecule has 2 aromatic rings. The Labute approximate surface area is 162 Å². The number of carbonyl (C=O) groups is 1. The molecule has 0 spiro atoms. The van der Waals surface area contributed by atoms with Crippen molar-refractivity contribution in [1.82, 2.24) is 4.72 Å². The number of aryl methyl sites for hydroxylation is 1. The van der Waals surface area contributed by atoms with Crippen molar-refractivity contribution < 1.29 is 13.2 Å². The lowest BCUT2D eigenvalue weighted by atomic mass is 10.1. The van der Waals surface area contributed by atoms with E-state index in [0.717, 1.165) is 30.5 Å². The van der Waals surface area contributed by atoms with E-state index in [-0.39, 0.29) is 10.8 Å². The van der Waals surface area contributed by atoms with Crippen LogP contribution in [0.2, 0.25) is 0 Å². The molecule has 1 N–H and O–H groups in total. The highest BCUT2D eigenvalue weighted by Crippen LogP contribution is 2.19. The Morgan fingerprint density at radius 3 is 2.33 bits per heavy atom. The lowest BCUT2D eigenvalue weighted by Gasteiger charge is -2.21. The standard InChI is InChI=1S/C21H28N2O3S/c1-4-6-7-15-22-27(25,26)20-13-11-18(12-14-20)21(24)23(5-2)19-10-8-9-17(3)16-19/h8-14,16,22H,4-7,15H2,1-3H3. The van der Waals surface area contributed by atoms with Gasteiger partial charge in [-0.1, -0.05) is 31.9 Å². The number of carbonyl (C=O) groups excluding carboxylic acids is 1.